The highest BCUT2D eigenvalue weighted by Crippen LogP contribution is 2.28. The van der Waals surface area contributed by atoms with Crippen molar-refractivity contribution in [2.24, 2.45) is 0 Å². The van der Waals surface area contributed by atoms with Gasteiger partial charge in [0.25, 0.3) is 0 Å². The molecule has 0 saturated carbocycles. The quantitative estimate of drug-likeness (QED) is 0.334. The minimum atomic E-state index is -0.739. The second kappa shape index (κ2) is 14.0. The summed E-state index contributed by atoms with van der Waals surface area (Å²) in [5.74, 6) is 0.309. The van der Waals surface area contributed by atoms with Gasteiger partial charge in [0.15, 0.2) is 11.5 Å². The first kappa shape index (κ1) is 27.7. The molecule has 0 radical (unpaired) electrons. The number of benzene rings is 3. The Kier molecular flexibility index (Phi) is 10.5. The van der Waals surface area contributed by atoms with Gasteiger partial charge in [-0.1, -0.05) is 61.9 Å². The summed E-state index contributed by atoms with van der Waals surface area (Å²) in [5, 5.41) is 3.00. The lowest BCUT2D eigenvalue weighted by Gasteiger charge is -2.32. The third-order valence-electron chi connectivity index (χ3n) is 6.17. The number of carbonyl (C=O) groups excluding carboxylic acids is 2. The number of nitrogens with zero attached hydrogens (tertiary/aromatic N) is 1. The van der Waals surface area contributed by atoms with Gasteiger partial charge in [0.1, 0.15) is 11.9 Å². The van der Waals surface area contributed by atoms with E-state index < -0.39 is 6.04 Å². The van der Waals surface area contributed by atoms with Gasteiger partial charge in [-0.3, -0.25) is 9.59 Å². The van der Waals surface area contributed by atoms with E-state index in [9.17, 15) is 14.0 Å². The summed E-state index contributed by atoms with van der Waals surface area (Å²) in [7, 11) is 3.10. The first-order valence-corrected chi connectivity index (χ1v) is 12.5. The molecule has 2 amide bonds. The summed E-state index contributed by atoms with van der Waals surface area (Å²) in [6.45, 7) is 2.76. The zero-order chi connectivity index (χ0) is 26.6. The average Bonchev–Trinajstić information content (AvgIpc) is 2.92. The maximum absolute atomic E-state index is 13.8. The van der Waals surface area contributed by atoms with Crippen molar-refractivity contribution in [1.29, 1.82) is 0 Å². The minimum absolute atomic E-state index is 0.0646. The number of halogens is 1. The molecule has 0 spiro atoms. The molecule has 196 valence electrons. The third kappa shape index (κ3) is 8.07. The van der Waals surface area contributed by atoms with Crippen LogP contribution in [0.5, 0.6) is 11.5 Å². The summed E-state index contributed by atoms with van der Waals surface area (Å²) < 4.78 is 24.3. The highest BCUT2D eigenvalue weighted by atomic mass is 19.1. The Hall–Kier alpha value is -3.87. The molecule has 0 bridgehead atoms. The Morgan fingerprint density at radius 1 is 0.892 bits per heavy atom. The summed E-state index contributed by atoms with van der Waals surface area (Å²) in [4.78, 5) is 28.8. The second-order valence-corrected chi connectivity index (χ2v) is 8.86. The molecule has 0 aliphatic carbocycles. The second-order valence-electron chi connectivity index (χ2n) is 8.86. The molecular weight excluding hydrogens is 471 g/mol. The molecule has 0 aromatic heterocycles. The summed E-state index contributed by atoms with van der Waals surface area (Å²) in [5.41, 5.74) is 2.42. The van der Waals surface area contributed by atoms with Crippen LogP contribution in [0.25, 0.3) is 0 Å². The van der Waals surface area contributed by atoms with E-state index in [2.05, 4.69) is 12.2 Å². The van der Waals surface area contributed by atoms with Gasteiger partial charge in [-0.25, -0.2) is 4.39 Å². The van der Waals surface area contributed by atoms with Gasteiger partial charge >= 0.3 is 0 Å². The van der Waals surface area contributed by atoms with Crippen LogP contribution < -0.4 is 14.8 Å². The van der Waals surface area contributed by atoms with Gasteiger partial charge in [-0.2, -0.15) is 0 Å². The number of hydrogen-bond donors (Lipinski definition) is 1. The first-order chi connectivity index (χ1) is 17.9. The normalized spacial score (nSPS) is 11.5. The number of nitrogens with one attached hydrogen (secondary N) is 1. The zero-order valence-corrected chi connectivity index (χ0v) is 21.7. The van der Waals surface area contributed by atoms with E-state index in [4.69, 9.17) is 9.47 Å². The fourth-order valence-electron chi connectivity index (χ4n) is 4.11. The van der Waals surface area contributed by atoms with Crippen LogP contribution in [-0.4, -0.2) is 43.5 Å². The molecule has 0 aliphatic heterocycles. The van der Waals surface area contributed by atoms with Crippen molar-refractivity contribution < 1.29 is 23.5 Å². The number of unbranched alkanes of at least 4 members (excludes halogenated alkanes) is 1. The van der Waals surface area contributed by atoms with Gasteiger partial charge in [0, 0.05) is 19.5 Å². The molecule has 1 N–H and O–H groups in total. The van der Waals surface area contributed by atoms with Gasteiger partial charge < -0.3 is 19.7 Å². The van der Waals surface area contributed by atoms with E-state index >= 15 is 0 Å². The van der Waals surface area contributed by atoms with Crippen LogP contribution >= 0.6 is 0 Å². The number of methoxy groups -OCH3 is 2. The third-order valence-corrected chi connectivity index (χ3v) is 6.17. The topological polar surface area (TPSA) is 67.9 Å². The van der Waals surface area contributed by atoms with E-state index in [0.717, 1.165) is 29.5 Å². The van der Waals surface area contributed by atoms with Crippen molar-refractivity contribution >= 4 is 11.8 Å². The molecule has 7 heteroatoms. The van der Waals surface area contributed by atoms with Crippen molar-refractivity contribution in [1.82, 2.24) is 10.2 Å². The van der Waals surface area contributed by atoms with E-state index in [0.29, 0.717) is 24.5 Å². The van der Waals surface area contributed by atoms with Crippen LogP contribution in [-0.2, 0) is 29.0 Å². The highest BCUT2D eigenvalue weighted by Gasteiger charge is 2.30. The molecular formula is C30H35FN2O4. The maximum Gasteiger partial charge on any atom is 0.243 e. The van der Waals surface area contributed by atoms with Crippen molar-refractivity contribution in [3.05, 3.63) is 95.3 Å². The SMILES string of the molecule is CCCCNC(=O)[C@H](Cc1ccccc1)N(Cc1ccc(F)cc1)C(=O)Cc1ccc(OC)c(OC)c1. The Labute approximate surface area is 218 Å². The van der Waals surface area contributed by atoms with Gasteiger partial charge in [-0.15, -0.1) is 0 Å². The number of ether oxygens (including phenoxy) is 2. The molecule has 1 atom stereocenters. The van der Waals surface area contributed by atoms with E-state index in [1.807, 2.05) is 36.4 Å². The standard InChI is InChI=1S/C30H35FN2O4/c1-4-5-17-32-30(35)26(18-22-9-7-6-8-10-22)33(21-23-11-14-25(31)15-12-23)29(34)20-24-13-16-27(36-2)28(19-24)37-3/h6-16,19,26H,4-5,17-18,20-21H2,1-3H3,(H,32,35)/t26-/m0/s1. The monoisotopic (exact) mass is 506 g/mol. The van der Waals surface area contributed by atoms with Crippen molar-refractivity contribution in [2.75, 3.05) is 20.8 Å². The molecule has 3 aromatic rings. The molecule has 0 unspecified atom stereocenters. The molecule has 6 nitrogen and oxygen atoms in total. The van der Waals surface area contributed by atoms with E-state index in [1.165, 1.54) is 12.1 Å². The Morgan fingerprint density at radius 3 is 2.22 bits per heavy atom. The fourth-order valence-corrected chi connectivity index (χ4v) is 4.11. The molecule has 0 aliphatic rings. The lowest BCUT2D eigenvalue weighted by molar-refractivity contribution is -0.140. The number of carbonyl (C=O) groups is 2. The Morgan fingerprint density at radius 2 is 1.57 bits per heavy atom. The van der Waals surface area contributed by atoms with Crippen molar-refractivity contribution in [2.45, 2.75) is 45.2 Å². The van der Waals surface area contributed by atoms with Gasteiger partial charge in [0.05, 0.1) is 20.6 Å². The molecule has 3 rings (SSSR count). The Bertz CT molecular complexity index is 1150. The van der Waals surface area contributed by atoms with Crippen molar-refractivity contribution in [3.63, 3.8) is 0 Å². The fraction of sp³-hybridized carbons (Fsp3) is 0.333. The number of amides is 2. The lowest BCUT2D eigenvalue weighted by atomic mass is 10.0. The summed E-state index contributed by atoms with van der Waals surface area (Å²) in [6, 6.07) is 20.2. The van der Waals surface area contributed by atoms with E-state index in [-0.39, 0.29) is 30.6 Å². The first-order valence-electron chi connectivity index (χ1n) is 12.5. The smallest absolute Gasteiger partial charge is 0.243 e. The average molecular weight is 507 g/mol. The zero-order valence-electron chi connectivity index (χ0n) is 21.7. The highest BCUT2D eigenvalue weighted by molar-refractivity contribution is 5.88. The minimum Gasteiger partial charge on any atom is -0.493 e. The van der Waals surface area contributed by atoms with Crippen LogP contribution in [0, 0.1) is 5.82 Å². The van der Waals surface area contributed by atoms with Crippen LogP contribution in [0.2, 0.25) is 0 Å². The van der Waals surface area contributed by atoms with Crippen LogP contribution in [0.4, 0.5) is 4.39 Å². The predicted octanol–water partition coefficient (Wildman–Crippen LogP) is 4.94. The maximum atomic E-state index is 13.8. The van der Waals surface area contributed by atoms with Crippen LogP contribution in [0.15, 0.2) is 72.8 Å². The molecule has 3 aromatic carbocycles. The number of hydrogen-bond acceptors (Lipinski definition) is 4. The van der Waals surface area contributed by atoms with Crippen molar-refractivity contribution in [3.8, 4) is 11.5 Å². The molecule has 0 heterocycles. The van der Waals surface area contributed by atoms with Gasteiger partial charge in [-0.05, 0) is 47.4 Å². The number of rotatable bonds is 13. The van der Waals surface area contributed by atoms with E-state index in [1.54, 1.807) is 43.4 Å². The Balaban J connectivity index is 1.95. The lowest BCUT2D eigenvalue weighted by Crippen LogP contribution is -2.51. The largest absolute Gasteiger partial charge is 0.493 e. The van der Waals surface area contributed by atoms with Crippen LogP contribution in [0.3, 0.4) is 0 Å². The predicted molar refractivity (Wildman–Crippen MR) is 142 cm³/mol. The molecule has 0 saturated heterocycles. The molecule has 37 heavy (non-hydrogen) atoms. The van der Waals surface area contributed by atoms with Gasteiger partial charge in [0.2, 0.25) is 11.8 Å². The summed E-state index contributed by atoms with van der Waals surface area (Å²) >= 11 is 0. The molecule has 0 fully saturated rings. The van der Waals surface area contributed by atoms with Crippen LogP contribution in [0.1, 0.15) is 36.5 Å². The summed E-state index contributed by atoms with van der Waals surface area (Å²) in [6.07, 6.45) is 2.22.